The first-order valence-electron chi connectivity index (χ1n) is 4.64. The number of hydrogen-bond donors (Lipinski definition) is 3. The molecule has 80 valence electrons. The number of aliphatic carboxylic acids is 1. The molecular weight excluding hydrogens is 186 g/mol. The molecule has 1 saturated carbocycles. The van der Waals surface area contributed by atoms with Crippen molar-refractivity contribution in [2.75, 3.05) is 0 Å². The lowest BCUT2D eigenvalue weighted by atomic mass is 10.1. The summed E-state index contributed by atoms with van der Waals surface area (Å²) in [6.45, 7) is 3.28. The quantitative estimate of drug-likeness (QED) is 0.577. The third kappa shape index (κ3) is 2.45. The van der Waals surface area contributed by atoms with Gasteiger partial charge in [0.15, 0.2) is 6.04 Å². The Morgan fingerprint density at radius 2 is 2.00 bits per heavy atom. The molecule has 1 rings (SSSR count). The molecule has 3 N–H and O–H groups in total. The number of carboxylic acid groups (broad SMARTS) is 1. The van der Waals surface area contributed by atoms with Crippen LogP contribution in [0.1, 0.15) is 20.3 Å². The van der Waals surface area contributed by atoms with Gasteiger partial charge in [0, 0.05) is 5.92 Å². The molecular formula is C9H15NO4. The smallest absolute Gasteiger partial charge is 0.328 e. The van der Waals surface area contributed by atoms with Gasteiger partial charge >= 0.3 is 5.97 Å². The molecule has 5 heteroatoms. The predicted molar refractivity (Wildman–Crippen MR) is 48.5 cm³/mol. The van der Waals surface area contributed by atoms with Gasteiger partial charge in [0.1, 0.15) is 0 Å². The Labute approximate surface area is 82.1 Å². The number of carboxylic acids is 1. The molecule has 0 bridgehead atoms. The monoisotopic (exact) mass is 201 g/mol. The van der Waals surface area contributed by atoms with Crippen LogP contribution in [0.5, 0.6) is 0 Å². The van der Waals surface area contributed by atoms with Crippen LogP contribution in [0.2, 0.25) is 0 Å². The summed E-state index contributed by atoms with van der Waals surface area (Å²) < 4.78 is 0. The number of amides is 1. The second-order valence-corrected chi connectivity index (χ2v) is 3.88. The van der Waals surface area contributed by atoms with Crippen molar-refractivity contribution in [3.8, 4) is 0 Å². The second kappa shape index (κ2) is 3.96. The fraction of sp³-hybridized carbons (Fsp3) is 0.778. The molecule has 0 heterocycles. The van der Waals surface area contributed by atoms with Gasteiger partial charge in [-0.2, -0.15) is 0 Å². The van der Waals surface area contributed by atoms with Crippen molar-refractivity contribution >= 4 is 11.9 Å². The van der Waals surface area contributed by atoms with Crippen molar-refractivity contribution in [2.24, 2.45) is 11.8 Å². The summed E-state index contributed by atoms with van der Waals surface area (Å²) in [7, 11) is 0. The van der Waals surface area contributed by atoms with Gasteiger partial charge in [-0.15, -0.1) is 0 Å². The van der Waals surface area contributed by atoms with E-state index in [1.165, 1.54) is 6.92 Å². The molecule has 0 spiro atoms. The van der Waals surface area contributed by atoms with E-state index >= 15 is 0 Å². The Hall–Kier alpha value is -1.10. The van der Waals surface area contributed by atoms with E-state index in [1.807, 2.05) is 6.92 Å². The Morgan fingerprint density at radius 3 is 2.29 bits per heavy atom. The molecule has 1 amide bonds. The first-order valence-corrected chi connectivity index (χ1v) is 4.64. The van der Waals surface area contributed by atoms with Gasteiger partial charge in [-0.3, -0.25) is 4.79 Å². The summed E-state index contributed by atoms with van der Waals surface area (Å²) >= 11 is 0. The minimum atomic E-state index is -1.21. The van der Waals surface area contributed by atoms with Crippen molar-refractivity contribution in [3.63, 3.8) is 0 Å². The van der Waals surface area contributed by atoms with Gasteiger partial charge in [0.2, 0.25) is 5.91 Å². The SMILES string of the molecule is CC(O)C(NC(=O)C1CC1C)C(=O)O. The maximum absolute atomic E-state index is 11.3. The summed E-state index contributed by atoms with van der Waals surface area (Å²) in [6.07, 6.45) is -0.275. The molecule has 0 aliphatic heterocycles. The van der Waals surface area contributed by atoms with E-state index in [0.29, 0.717) is 5.92 Å². The molecule has 0 radical (unpaired) electrons. The van der Waals surface area contributed by atoms with Crippen LogP contribution < -0.4 is 5.32 Å². The van der Waals surface area contributed by atoms with Crippen molar-refractivity contribution in [2.45, 2.75) is 32.4 Å². The number of aliphatic hydroxyl groups excluding tert-OH is 1. The fourth-order valence-corrected chi connectivity index (χ4v) is 1.34. The van der Waals surface area contributed by atoms with Crippen LogP contribution in [0.3, 0.4) is 0 Å². The highest BCUT2D eigenvalue weighted by atomic mass is 16.4. The number of rotatable bonds is 4. The lowest BCUT2D eigenvalue weighted by molar-refractivity contribution is -0.145. The normalized spacial score (nSPS) is 29.1. The molecule has 0 aromatic rings. The predicted octanol–water partition coefficient (Wildman–Crippen LogP) is -0.407. The number of carbonyl (C=O) groups is 2. The largest absolute Gasteiger partial charge is 0.480 e. The van der Waals surface area contributed by atoms with E-state index in [1.54, 1.807) is 0 Å². The van der Waals surface area contributed by atoms with Gasteiger partial charge in [-0.1, -0.05) is 6.92 Å². The highest BCUT2D eigenvalue weighted by Gasteiger charge is 2.41. The Balaban J connectivity index is 2.47. The first kappa shape index (κ1) is 11.0. The molecule has 1 aliphatic carbocycles. The highest BCUT2D eigenvalue weighted by molar-refractivity contribution is 5.86. The summed E-state index contributed by atoms with van der Waals surface area (Å²) in [5.41, 5.74) is 0. The maximum atomic E-state index is 11.3. The van der Waals surface area contributed by atoms with E-state index in [4.69, 9.17) is 10.2 Å². The Bertz CT molecular complexity index is 251. The van der Waals surface area contributed by atoms with Crippen LogP contribution in [0, 0.1) is 11.8 Å². The van der Waals surface area contributed by atoms with Gasteiger partial charge < -0.3 is 15.5 Å². The fourth-order valence-electron chi connectivity index (χ4n) is 1.34. The number of carbonyl (C=O) groups excluding carboxylic acids is 1. The van der Waals surface area contributed by atoms with Crippen molar-refractivity contribution < 1.29 is 19.8 Å². The van der Waals surface area contributed by atoms with Crippen LogP contribution in [0.15, 0.2) is 0 Å². The average molecular weight is 201 g/mol. The standard InChI is InChI=1S/C9H15NO4/c1-4-3-6(4)8(12)10-7(5(2)11)9(13)14/h4-7,11H,3H2,1-2H3,(H,10,12)(H,13,14). The van der Waals surface area contributed by atoms with Crippen LogP contribution in [0.4, 0.5) is 0 Å². The van der Waals surface area contributed by atoms with E-state index in [9.17, 15) is 9.59 Å². The topological polar surface area (TPSA) is 86.6 Å². The summed E-state index contributed by atoms with van der Waals surface area (Å²) in [6, 6.07) is -1.20. The van der Waals surface area contributed by atoms with Gasteiger partial charge in [0.05, 0.1) is 6.10 Å². The maximum Gasteiger partial charge on any atom is 0.328 e. The van der Waals surface area contributed by atoms with Crippen LogP contribution in [0.25, 0.3) is 0 Å². The number of hydrogen-bond acceptors (Lipinski definition) is 3. The van der Waals surface area contributed by atoms with Crippen molar-refractivity contribution in [3.05, 3.63) is 0 Å². The van der Waals surface area contributed by atoms with Gasteiger partial charge in [-0.05, 0) is 19.3 Å². The van der Waals surface area contributed by atoms with E-state index in [0.717, 1.165) is 6.42 Å². The average Bonchev–Trinajstić information content (AvgIpc) is 2.76. The highest BCUT2D eigenvalue weighted by Crippen LogP contribution is 2.37. The Kier molecular flexibility index (Phi) is 3.10. The zero-order valence-corrected chi connectivity index (χ0v) is 8.23. The molecule has 0 aromatic carbocycles. The molecule has 4 atom stereocenters. The molecule has 0 aromatic heterocycles. The first-order chi connectivity index (χ1) is 6.43. The van der Waals surface area contributed by atoms with Crippen LogP contribution >= 0.6 is 0 Å². The number of nitrogens with one attached hydrogen (secondary N) is 1. The van der Waals surface area contributed by atoms with Gasteiger partial charge in [0.25, 0.3) is 0 Å². The lowest BCUT2D eigenvalue weighted by Gasteiger charge is -2.16. The minimum absolute atomic E-state index is 0.0735. The third-order valence-electron chi connectivity index (χ3n) is 2.49. The van der Waals surface area contributed by atoms with E-state index in [-0.39, 0.29) is 11.8 Å². The molecule has 1 fully saturated rings. The molecule has 0 saturated heterocycles. The zero-order valence-electron chi connectivity index (χ0n) is 8.23. The second-order valence-electron chi connectivity index (χ2n) is 3.88. The van der Waals surface area contributed by atoms with Crippen molar-refractivity contribution in [1.29, 1.82) is 0 Å². The summed E-state index contributed by atoms with van der Waals surface area (Å²) in [5.74, 6) is -1.22. The van der Waals surface area contributed by atoms with Crippen LogP contribution in [-0.2, 0) is 9.59 Å². The lowest BCUT2D eigenvalue weighted by Crippen LogP contribution is -2.48. The minimum Gasteiger partial charge on any atom is -0.480 e. The van der Waals surface area contributed by atoms with Gasteiger partial charge in [-0.25, -0.2) is 4.79 Å². The zero-order chi connectivity index (χ0) is 10.9. The van der Waals surface area contributed by atoms with E-state index < -0.39 is 18.1 Å². The summed E-state index contributed by atoms with van der Waals surface area (Å²) in [4.78, 5) is 22.0. The van der Waals surface area contributed by atoms with Crippen molar-refractivity contribution in [1.82, 2.24) is 5.32 Å². The Morgan fingerprint density at radius 1 is 1.50 bits per heavy atom. The summed E-state index contributed by atoms with van der Waals surface area (Å²) in [5, 5.41) is 20.1. The van der Waals surface area contributed by atoms with E-state index in [2.05, 4.69) is 5.32 Å². The molecule has 1 aliphatic rings. The molecule has 14 heavy (non-hydrogen) atoms. The number of aliphatic hydroxyl groups is 1. The molecule has 4 unspecified atom stereocenters. The van der Waals surface area contributed by atoms with Crippen LogP contribution in [-0.4, -0.2) is 34.2 Å². The molecule has 5 nitrogen and oxygen atoms in total. The third-order valence-corrected chi connectivity index (χ3v) is 2.49.